The van der Waals surface area contributed by atoms with Crippen LogP contribution in [0.1, 0.15) is 58.2 Å². The summed E-state index contributed by atoms with van der Waals surface area (Å²) in [5.74, 6) is 0.640. The molecule has 2 atom stereocenters. The van der Waals surface area contributed by atoms with Gasteiger partial charge in [-0.3, -0.25) is 4.79 Å². The number of nitrogens with one attached hydrogen (secondary N) is 1. The molecule has 3 nitrogen and oxygen atoms in total. The van der Waals surface area contributed by atoms with Crippen LogP contribution in [0.25, 0.3) is 0 Å². The number of benzene rings is 2. The Labute approximate surface area is 151 Å². The second-order valence-electron chi connectivity index (χ2n) is 7.43. The number of carbonyl (C=O) groups is 1. The van der Waals surface area contributed by atoms with E-state index in [1.54, 1.807) is 0 Å². The summed E-state index contributed by atoms with van der Waals surface area (Å²) in [6, 6.07) is 17.9. The van der Waals surface area contributed by atoms with Crippen molar-refractivity contribution in [3.05, 3.63) is 65.7 Å². The first-order valence-corrected chi connectivity index (χ1v) is 8.93. The average Bonchev–Trinajstić information content (AvgIpc) is 2.60. The molecule has 2 rings (SSSR count). The Kier molecular flexibility index (Phi) is 6.24. The minimum absolute atomic E-state index is 0.0467. The number of hydrogen-bond acceptors (Lipinski definition) is 2. The SMILES string of the molecule is CCC(Oc1ccc(C(C)(C)C)cc1)C(=O)NC(C)c1ccccc1. The molecule has 3 heteroatoms. The van der Waals surface area contributed by atoms with Crippen LogP contribution in [-0.2, 0) is 10.2 Å². The minimum atomic E-state index is -0.494. The fourth-order valence-electron chi connectivity index (χ4n) is 2.65. The molecule has 0 saturated carbocycles. The third-order valence-corrected chi connectivity index (χ3v) is 4.32. The third kappa shape index (κ3) is 5.35. The summed E-state index contributed by atoms with van der Waals surface area (Å²) in [4.78, 5) is 12.6. The molecule has 1 N–H and O–H groups in total. The van der Waals surface area contributed by atoms with Crippen molar-refractivity contribution in [3.8, 4) is 5.75 Å². The molecule has 0 saturated heterocycles. The highest BCUT2D eigenvalue weighted by Crippen LogP contribution is 2.25. The van der Waals surface area contributed by atoms with Crippen molar-refractivity contribution in [1.29, 1.82) is 0 Å². The molecule has 0 aliphatic carbocycles. The van der Waals surface area contributed by atoms with Crippen LogP contribution in [0, 0.1) is 0 Å². The van der Waals surface area contributed by atoms with Gasteiger partial charge in [0, 0.05) is 0 Å². The van der Waals surface area contributed by atoms with Gasteiger partial charge in [0.15, 0.2) is 6.10 Å². The summed E-state index contributed by atoms with van der Waals surface area (Å²) in [5.41, 5.74) is 2.43. The van der Waals surface area contributed by atoms with Crippen LogP contribution in [0.4, 0.5) is 0 Å². The Hall–Kier alpha value is -2.29. The average molecular weight is 339 g/mol. The zero-order chi connectivity index (χ0) is 18.4. The molecule has 0 heterocycles. The topological polar surface area (TPSA) is 38.3 Å². The van der Waals surface area contributed by atoms with Crippen molar-refractivity contribution in [3.63, 3.8) is 0 Å². The van der Waals surface area contributed by atoms with E-state index in [1.165, 1.54) is 5.56 Å². The van der Waals surface area contributed by atoms with Crippen molar-refractivity contribution in [1.82, 2.24) is 5.32 Å². The second-order valence-corrected chi connectivity index (χ2v) is 7.43. The van der Waals surface area contributed by atoms with E-state index in [-0.39, 0.29) is 17.4 Å². The Bertz CT molecular complexity index is 671. The van der Waals surface area contributed by atoms with Crippen molar-refractivity contribution in [2.45, 2.75) is 58.6 Å². The Balaban J connectivity index is 2.00. The highest BCUT2D eigenvalue weighted by atomic mass is 16.5. The monoisotopic (exact) mass is 339 g/mol. The van der Waals surface area contributed by atoms with E-state index in [1.807, 2.05) is 56.3 Å². The van der Waals surface area contributed by atoms with E-state index in [0.717, 1.165) is 11.3 Å². The lowest BCUT2D eigenvalue weighted by atomic mass is 9.87. The van der Waals surface area contributed by atoms with Crippen molar-refractivity contribution < 1.29 is 9.53 Å². The Morgan fingerprint density at radius 2 is 1.64 bits per heavy atom. The first-order chi connectivity index (χ1) is 11.8. The predicted molar refractivity (Wildman–Crippen MR) is 103 cm³/mol. The molecule has 0 aromatic heterocycles. The van der Waals surface area contributed by atoms with Crippen LogP contribution < -0.4 is 10.1 Å². The standard InChI is InChI=1S/C22H29NO2/c1-6-20(21(24)23-16(2)17-10-8-7-9-11-17)25-19-14-12-18(13-15-19)22(3,4)5/h7-16,20H,6H2,1-5H3,(H,23,24). The largest absolute Gasteiger partial charge is 0.481 e. The normalized spacial score (nSPS) is 13.8. The van der Waals surface area contributed by atoms with Gasteiger partial charge in [-0.05, 0) is 42.0 Å². The fourth-order valence-corrected chi connectivity index (χ4v) is 2.65. The quantitative estimate of drug-likeness (QED) is 0.802. The van der Waals surface area contributed by atoms with Crippen LogP contribution in [-0.4, -0.2) is 12.0 Å². The lowest BCUT2D eigenvalue weighted by molar-refractivity contribution is -0.128. The van der Waals surface area contributed by atoms with E-state index in [4.69, 9.17) is 4.74 Å². The second kappa shape index (κ2) is 8.19. The van der Waals surface area contributed by atoms with Gasteiger partial charge in [-0.2, -0.15) is 0 Å². The van der Waals surface area contributed by atoms with E-state index in [9.17, 15) is 4.79 Å². The molecule has 0 radical (unpaired) electrons. The minimum Gasteiger partial charge on any atom is -0.481 e. The van der Waals surface area contributed by atoms with Gasteiger partial charge in [-0.25, -0.2) is 0 Å². The van der Waals surface area contributed by atoms with Gasteiger partial charge >= 0.3 is 0 Å². The molecule has 2 aromatic rings. The molecular formula is C22H29NO2. The van der Waals surface area contributed by atoms with Gasteiger partial charge in [0.1, 0.15) is 5.75 Å². The lowest BCUT2D eigenvalue weighted by Gasteiger charge is -2.22. The van der Waals surface area contributed by atoms with Crippen LogP contribution in [0.5, 0.6) is 5.75 Å². The smallest absolute Gasteiger partial charge is 0.261 e. The summed E-state index contributed by atoms with van der Waals surface area (Å²) in [7, 11) is 0. The summed E-state index contributed by atoms with van der Waals surface area (Å²) < 4.78 is 5.92. The highest BCUT2D eigenvalue weighted by molar-refractivity contribution is 5.81. The maximum absolute atomic E-state index is 12.6. The van der Waals surface area contributed by atoms with Crippen LogP contribution in [0.2, 0.25) is 0 Å². The first-order valence-electron chi connectivity index (χ1n) is 8.93. The molecule has 134 valence electrons. The molecule has 25 heavy (non-hydrogen) atoms. The first kappa shape index (κ1) is 19.0. The molecule has 2 aromatic carbocycles. The molecule has 0 aliphatic rings. The molecular weight excluding hydrogens is 310 g/mol. The van der Waals surface area contributed by atoms with Gasteiger partial charge in [-0.1, -0.05) is 70.2 Å². The predicted octanol–water partition coefficient (Wildman–Crippen LogP) is 5.02. The van der Waals surface area contributed by atoms with Crippen molar-refractivity contribution in [2.75, 3.05) is 0 Å². The summed E-state index contributed by atoms with van der Waals surface area (Å²) in [6.45, 7) is 10.5. The van der Waals surface area contributed by atoms with Gasteiger partial charge in [0.05, 0.1) is 6.04 Å². The summed E-state index contributed by atoms with van der Waals surface area (Å²) in [5, 5.41) is 3.04. The lowest BCUT2D eigenvalue weighted by Crippen LogP contribution is -2.39. The van der Waals surface area contributed by atoms with E-state index >= 15 is 0 Å². The van der Waals surface area contributed by atoms with Crippen LogP contribution in [0.3, 0.4) is 0 Å². The Morgan fingerprint density at radius 3 is 2.16 bits per heavy atom. The van der Waals surface area contributed by atoms with Gasteiger partial charge < -0.3 is 10.1 Å². The van der Waals surface area contributed by atoms with E-state index in [0.29, 0.717) is 6.42 Å². The third-order valence-electron chi connectivity index (χ3n) is 4.32. The van der Waals surface area contributed by atoms with Gasteiger partial charge in [-0.15, -0.1) is 0 Å². The number of carbonyl (C=O) groups excluding carboxylic acids is 1. The zero-order valence-corrected chi connectivity index (χ0v) is 15.9. The van der Waals surface area contributed by atoms with Crippen LogP contribution >= 0.6 is 0 Å². The maximum atomic E-state index is 12.6. The molecule has 0 bridgehead atoms. The van der Waals surface area contributed by atoms with Crippen molar-refractivity contribution >= 4 is 5.91 Å². The van der Waals surface area contributed by atoms with Crippen molar-refractivity contribution in [2.24, 2.45) is 0 Å². The van der Waals surface area contributed by atoms with E-state index < -0.39 is 6.10 Å². The zero-order valence-electron chi connectivity index (χ0n) is 15.9. The highest BCUT2D eigenvalue weighted by Gasteiger charge is 2.21. The molecule has 0 spiro atoms. The summed E-state index contributed by atoms with van der Waals surface area (Å²) >= 11 is 0. The summed E-state index contributed by atoms with van der Waals surface area (Å²) in [6.07, 6.45) is 0.126. The van der Waals surface area contributed by atoms with Crippen LogP contribution in [0.15, 0.2) is 54.6 Å². The number of rotatable bonds is 6. The maximum Gasteiger partial charge on any atom is 0.261 e. The fraction of sp³-hybridized carbons (Fsp3) is 0.409. The molecule has 1 amide bonds. The Morgan fingerprint density at radius 1 is 1.04 bits per heavy atom. The molecule has 2 unspecified atom stereocenters. The van der Waals surface area contributed by atoms with E-state index in [2.05, 4.69) is 38.2 Å². The van der Waals surface area contributed by atoms with Gasteiger partial charge in [0.25, 0.3) is 5.91 Å². The number of amides is 1. The molecule has 0 fully saturated rings. The number of ether oxygens (including phenoxy) is 1. The molecule has 0 aliphatic heterocycles. The van der Waals surface area contributed by atoms with Gasteiger partial charge in [0.2, 0.25) is 0 Å². The number of hydrogen-bond donors (Lipinski definition) is 1.